The van der Waals surface area contributed by atoms with Crippen LogP contribution in [0.4, 0.5) is 0 Å². The Morgan fingerprint density at radius 1 is 0.846 bits per heavy atom. The first-order chi connectivity index (χ1) is 12.8. The molecule has 4 rings (SSSR count). The Bertz CT molecular complexity index is 1020. The number of nitrogens with zero attached hydrogens (tertiary/aromatic N) is 3. The van der Waals surface area contributed by atoms with Gasteiger partial charge in [0.1, 0.15) is 0 Å². The fraction of sp³-hybridized carbons (Fsp3) is 0.304. The van der Waals surface area contributed by atoms with Crippen molar-refractivity contribution in [3.05, 3.63) is 72.1 Å². The Labute approximate surface area is 154 Å². The third-order valence-corrected chi connectivity index (χ3v) is 5.04. The molecule has 0 radical (unpaired) electrons. The Morgan fingerprint density at radius 2 is 1.65 bits per heavy atom. The second kappa shape index (κ2) is 7.69. The van der Waals surface area contributed by atoms with Crippen LogP contribution in [0.1, 0.15) is 43.9 Å². The summed E-state index contributed by atoms with van der Waals surface area (Å²) in [4.78, 5) is 0. The van der Waals surface area contributed by atoms with Crippen LogP contribution in [0.15, 0.2) is 60.8 Å². The maximum atomic E-state index is 4.35. The molecule has 0 saturated carbocycles. The zero-order valence-electron chi connectivity index (χ0n) is 15.4. The molecule has 0 bridgehead atoms. The van der Waals surface area contributed by atoms with E-state index in [1.807, 2.05) is 4.68 Å². The van der Waals surface area contributed by atoms with E-state index in [0.717, 1.165) is 18.7 Å². The van der Waals surface area contributed by atoms with E-state index in [1.165, 1.54) is 52.8 Å². The van der Waals surface area contributed by atoms with Crippen LogP contribution in [0.25, 0.3) is 21.5 Å². The number of aryl methyl sites for hydroxylation is 1. The highest BCUT2D eigenvalue weighted by molar-refractivity contribution is 5.99. The average molecular weight is 343 g/mol. The lowest BCUT2D eigenvalue weighted by molar-refractivity contribution is 0.648. The van der Waals surface area contributed by atoms with Crippen LogP contribution in [0, 0.1) is 0 Å². The molecule has 0 fully saturated rings. The molecule has 0 amide bonds. The van der Waals surface area contributed by atoms with E-state index in [2.05, 4.69) is 78.0 Å². The molecule has 0 aliphatic rings. The minimum Gasteiger partial charge on any atom is -0.248 e. The minimum absolute atomic E-state index is 0.762. The van der Waals surface area contributed by atoms with Gasteiger partial charge in [0.2, 0.25) is 0 Å². The minimum atomic E-state index is 0.762. The van der Waals surface area contributed by atoms with Gasteiger partial charge < -0.3 is 0 Å². The fourth-order valence-electron chi connectivity index (χ4n) is 3.61. The smallest absolute Gasteiger partial charge is 0.0827 e. The van der Waals surface area contributed by atoms with Gasteiger partial charge in [-0.05, 0) is 52.1 Å². The topological polar surface area (TPSA) is 30.7 Å². The molecule has 3 heteroatoms. The molecule has 0 N–H and O–H groups in total. The molecule has 4 aromatic rings. The second-order valence-corrected chi connectivity index (χ2v) is 7.06. The van der Waals surface area contributed by atoms with E-state index in [9.17, 15) is 0 Å². The van der Waals surface area contributed by atoms with E-state index in [-0.39, 0.29) is 0 Å². The van der Waals surface area contributed by atoms with Crippen LogP contribution < -0.4 is 0 Å². The van der Waals surface area contributed by atoms with Crippen LogP contribution in [-0.2, 0) is 13.0 Å². The lowest BCUT2D eigenvalue weighted by Crippen LogP contribution is -2.01. The number of unbranched alkanes of at least 4 members (excludes halogenated alkanes) is 3. The molecule has 0 atom stereocenters. The number of rotatable bonds is 7. The first-order valence-electron chi connectivity index (χ1n) is 9.63. The standard InChI is InChI=1S/C23H25N3/c1-2-3-4-5-13-22-17-26(25-24-22)16-21-12-8-11-20-14-18-9-6-7-10-19(18)15-23(20)21/h6-12,14-15,17H,2-5,13,16H2,1H3. The predicted octanol–water partition coefficient (Wildman–Crippen LogP) is 5.76. The first-order valence-corrected chi connectivity index (χ1v) is 9.63. The summed E-state index contributed by atoms with van der Waals surface area (Å²) in [5.74, 6) is 0. The van der Waals surface area contributed by atoms with E-state index in [0.29, 0.717) is 0 Å². The van der Waals surface area contributed by atoms with Gasteiger partial charge in [-0.1, -0.05) is 73.9 Å². The molecule has 0 aliphatic carbocycles. The lowest BCUT2D eigenvalue weighted by atomic mass is 10.00. The highest BCUT2D eigenvalue weighted by Crippen LogP contribution is 2.26. The summed E-state index contributed by atoms with van der Waals surface area (Å²) in [5.41, 5.74) is 2.39. The van der Waals surface area contributed by atoms with E-state index < -0.39 is 0 Å². The zero-order chi connectivity index (χ0) is 17.8. The molecule has 1 aromatic heterocycles. The van der Waals surface area contributed by atoms with Gasteiger partial charge in [0.05, 0.1) is 12.2 Å². The summed E-state index contributed by atoms with van der Waals surface area (Å²) in [6, 6.07) is 19.6. The van der Waals surface area contributed by atoms with Crippen molar-refractivity contribution < 1.29 is 0 Å². The van der Waals surface area contributed by atoms with Gasteiger partial charge >= 0.3 is 0 Å². The summed E-state index contributed by atoms with van der Waals surface area (Å²) < 4.78 is 1.97. The highest BCUT2D eigenvalue weighted by Gasteiger charge is 2.06. The monoisotopic (exact) mass is 343 g/mol. The van der Waals surface area contributed by atoms with Gasteiger partial charge in [0, 0.05) is 6.20 Å². The van der Waals surface area contributed by atoms with Crippen molar-refractivity contribution in [2.75, 3.05) is 0 Å². The molecule has 26 heavy (non-hydrogen) atoms. The SMILES string of the molecule is CCCCCCc1cn(Cc2cccc3cc4ccccc4cc23)nn1. The largest absolute Gasteiger partial charge is 0.248 e. The van der Waals surface area contributed by atoms with E-state index in [1.54, 1.807) is 0 Å². The molecular formula is C23H25N3. The molecule has 0 saturated heterocycles. The van der Waals surface area contributed by atoms with Crippen molar-refractivity contribution >= 4 is 21.5 Å². The Hall–Kier alpha value is -2.68. The van der Waals surface area contributed by atoms with Gasteiger partial charge in [-0.3, -0.25) is 0 Å². The molecule has 0 unspecified atom stereocenters. The number of hydrogen-bond acceptors (Lipinski definition) is 2. The third kappa shape index (κ3) is 3.62. The van der Waals surface area contributed by atoms with Crippen molar-refractivity contribution in [2.45, 2.75) is 45.6 Å². The normalized spacial score (nSPS) is 11.4. The van der Waals surface area contributed by atoms with Crippen LogP contribution in [0.5, 0.6) is 0 Å². The van der Waals surface area contributed by atoms with Crippen molar-refractivity contribution in [3.63, 3.8) is 0 Å². The summed E-state index contributed by atoms with van der Waals surface area (Å²) >= 11 is 0. The average Bonchev–Trinajstić information content (AvgIpc) is 3.11. The van der Waals surface area contributed by atoms with Gasteiger partial charge in [-0.2, -0.15) is 0 Å². The van der Waals surface area contributed by atoms with Crippen molar-refractivity contribution in [2.24, 2.45) is 0 Å². The number of benzene rings is 3. The van der Waals surface area contributed by atoms with Crippen molar-refractivity contribution in [3.8, 4) is 0 Å². The van der Waals surface area contributed by atoms with Gasteiger partial charge in [0.15, 0.2) is 0 Å². The van der Waals surface area contributed by atoms with E-state index >= 15 is 0 Å². The Kier molecular flexibility index (Phi) is 4.96. The summed E-state index contributed by atoms with van der Waals surface area (Å²) in [6.07, 6.45) is 8.18. The Morgan fingerprint density at radius 3 is 2.50 bits per heavy atom. The van der Waals surface area contributed by atoms with Crippen LogP contribution >= 0.6 is 0 Å². The molecule has 0 aliphatic heterocycles. The number of fused-ring (bicyclic) bond motifs is 2. The first kappa shape index (κ1) is 16.8. The second-order valence-electron chi connectivity index (χ2n) is 7.06. The van der Waals surface area contributed by atoms with Gasteiger partial charge in [-0.25, -0.2) is 4.68 Å². The predicted molar refractivity (Wildman–Crippen MR) is 108 cm³/mol. The zero-order valence-corrected chi connectivity index (χ0v) is 15.4. The van der Waals surface area contributed by atoms with Gasteiger partial charge in [-0.15, -0.1) is 5.10 Å². The fourth-order valence-corrected chi connectivity index (χ4v) is 3.61. The Balaban J connectivity index is 1.57. The van der Waals surface area contributed by atoms with Crippen LogP contribution in [-0.4, -0.2) is 15.0 Å². The lowest BCUT2D eigenvalue weighted by Gasteiger charge is -2.08. The summed E-state index contributed by atoms with van der Waals surface area (Å²) in [6.45, 7) is 3.00. The summed E-state index contributed by atoms with van der Waals surface area (Å²) in [5, 5.41) is 13.8. The number of aromatic nitrogens is 3. The quantitative estimate of drug-likeness (QED) is 0.316. The van der Waals surface area contributed by atoms with Gasteiger partial charge in [0.25, 0.3) is 0 Å². The molecule has 3 aromatic carbocycles. The third-order valence-electron chi connectivity index (χ3n) is 5.04. The summed E-state index contributed by atoms with van der Waals surface area (Å²) in [7, 11) is 0. The highest BCUT2D eigenvalue weighted by atomic mass is 15.4. The molecule has 3 nitrogen and oxygen atoms in total. The van der Waals surface area contributed by atoms with Crippen LogP contribution in [0.2, 0.25) is 0 Å². The van der Waals surface area contributed by atoms with E-state index in [4.69, 9.17) is 0 Å². The molecule has 132 valence electrons. The maximum Gasteiger partial charge on any atom is 0.0827 e. The maximum absolute atomic E-state index is 4.35. The number of hydrogen-bond donors (Lipinski definition) is 0. The molecule has 0 spiro atoms. The molecular weight excluding hydrogens is 318 g/mol. The van der Waals surface area contributed by atoms with Crippen LogP contribution in [0.3, 0.4) is 0 Å². The molecule has 1 heterocycles. The van der Waals surface area contributed by atoms with Crippen molar-refractivity contribution in [1.29, 1.82) is 0 Å². The van der Waals surface area contributed by atoms with Crippen molar-refractivity contribution in [1.82, 2.24) is 15.0 Å².